The Kier molecular flexibility index (Phi) is 5.66. The Balaban J connectivity index is 1.92. The van der Waals surface area contributed by atoms with Crippen molar-refractivity contribution in [3.05, 3.63) is 35.0 Å². The highest BCUT2D eigenvalue weighted by Gasteiger charge is 2.14. The second-order valence-electron chi connectivity index (χ2n) is 5.97. The van der Waals surface area contributed by atoms with Gasteiger partial charge in [0.15, 0.2) is 0 Å². The number of amides is 1. The summed E-state index contributed by atoms with van der Waals surface area (Å²) >= 11 is 0. The fourth-order valence-electron chi connectivity index (χ4n) is 2.57. The second kappa shape index (κ2) is 7.36. The van der Waals surface area contributed by atoms with E-state index in [0.29, 0.717) is 25.1 Å². The van der Waals surface area contributed by atoms with Crippen molar-refractivity contribution in [2.45, 2.75) is 27.2 Å². The van der Waals surface area contributed by atoms with E-state index in [0.717, 1.165) is 22.2 Å². The van der Waals surface area contributed by atoms with Gasteiger partial charge in [-0.1, -0.05) is 0 Å². The lowest BCUT2D eigenvalue weighted by Gasteiger charge is -2.15. The number of aromatic nitrogens is 1. The molecule has 2 aromatic rings. The number of sulfonamides is 1. The maximum Gasteiger partial charge on any atom is 0.251 e. The number of rotatable bonds is 7. The first-order valence-electron chi connectivity index (χ1n) is 8.07. The van der Waals surface area contributed by atoms with Crippen LogP contribution in [0.25, 0.3) is 10.9 Å². The van der Waals surface area contributed by atoms with E-state index in [1.165, 1.54) is 4.31 Å². The summed E-state index contributed by atoms with van der Waals surface area (Å²) in [6.07, 6.45) is 0.575. The molecule has 0 bridgehead atoms. The summed E-state index contributed by atoms with van der Waals surface area (Å²) in [5, 5.41) is 3.89. The fraction of sp³-hybridized carbons (Fsp3) is 0.471. The van der Waals surface area contributed by atoms with Gasteiger partial charge in [0.1, 0.15) is 0 Å². The van der Waals surface area contributed by atoms with Gasteiger partial charge in [0.05, 0.1) is 5.75 Å². The predicted octanol–water partition coefficient (Wildman–Crippen LogP) is 2.19. The van der Waals surface area contributed by atoms with E-state index in [2.05, 4.69) is 10.3 Å². The minimum Gasteiger partial charge on any atom is -0.358 e. The summed E-state index contributed by atoms with van der Waals surface area (Å²) in [5.41, 5.74) is 3.88. The Hall–Kier alpha value is -1.86. The van der Waals surface area contributed by atoms with Gasteiger partial charge in [0.2, 0.25) is 10.0 Å². The number of H-pyrrole nitrogens is 1. The maximum absolute atomic E-state index is 12.3. The maximum atomic E-state index is 12.3. The molecule has 0 aliphatic heterocycles. The van der Waals surface area contributed by atoms with Crippen molar-refractivity contribution in [1.29, 1.82) is 0 Å². The summed E-state index contributed by atoms with van der Waals surface area (Å²) in [5.74, 6) is -0.0539. The van der Waals surface area contributed by atoms with Gasteiger partial charge in [-0.25, -0.2) is 12.7 Å². The molecule has 0 spiro atoms. The highest BCUT2D eigenvalue weighted by atomic mass is 32.2. The highest BCUT2D eigenvalue weighted by Crippen LogP contribution is 2.22. The van der Waals surface area contributed by atoms with Crippen LogP contribution in [0.5, 0.6) is 0 Å². The Labute approximate surface area is 143 Å². The number of fused-ring (bicyclic) bond motifs is 1. The molecule has 1 amide bonds. The molecule has 0 radical (unpaired) electrons. The summed E-state index contributed by atoms with van der Waals surface area (Å²) in [4.78, 5) is 15.5. The van der Waals surface area contributed by atoms with Crippen molar-refractivity contribution in [1.82, 2.24) is 14.6 Å². The van der Waals surface area contributed by atoms with E-state index in [4.69, 9.17) is 0 Å². The average molecular weight is 351 g/mol. The molecule has 0 saturated heterocycles. The van der Waals surface area contributed by atoms with E-state index in [9.17, 15) is 13.2 Å². The van der Waals surface area contributed by atoms with Gasteiger partial charge in [-0.05, 0) is 51.0 Å². The summed E-state index contributed by atoms with van der Waals surface area (Å²) < 4.78 is 24.6. The van der Waals surface area contributed by atoms with Gasteiger partial charge in [-0.2, -0.15) is 0 Å². The number of benzene rings is 1. The first-order chi connectivity index (χ1) is 11.3. The molecule has 7 heteroatoms. The molecule has 24 heavy (non-hydrogen) atoms. The topological polar surface area (TPSA) is 82.3 Å². The van der Waals surface area contributed by atoms with Crippen LogP contribution in [0.4, 0.5) is 0 Å². The molecule has 6 nitrogen and oxygen atoms in total. The van der Waals surface area contributed by atoms with Crippen LogP contribution in [0.1, 0.15) is 35.0 Å². The zero-order valence-electron chi connectivity index (χ0n) is 14.6. The lowest BCUT2D eigenvalue weighted by molar-refractivity contribution is 0.0953. The van der Waals surface area contributed by atoms with Crippen LogP contribution >= 0.6 is 0 Å². The lowest BCUT2D eigenvalue weighted by atomic mass is 10.1. The number of aryl methyl sites for hydroxylation is 2. The smallest absolute Gasteiger partial charge is 0.251 e. The standard InChI is InChI=1S/C17H25N3O3S/c1-5-24(22,23)20(4)10-6-9-18-17(21)14-7-8-16-15(11-14)12(2)13(3)19-16/h7-8,11,19H,5-6,9-10H2,1-4H3,(H,18,21). The Morgan fingerprint density at radius 2 is 2.00 bits per heavy atom. The minimum atomic E-state index is -3.16. The molecule has 0 saturated carbocycles. The number of carbonyl (C=O) groups is 1. The number of carbonyl (C=O) groups excluding carboxylic acids is 1. The molecule has 1 aromatic carbocycles. The van der Waals surface area contributed by atoms with Crippen molar-refractivity contribution in [3.8, 4) is 0 Å². The van der Waals surface area contributed by atoms with Gasteiger partial charge in [-0.15, -0.1) is 0 Å². The third-order valence-electron chi connectivity index (χ3n) is 4.35. The normalized spacial score (nSPS) is 12.0. The molecule has 0 aliphatic carbocycles. The summed E-state index contributed by atoms with van der Waals surface area (Å²) in [6, 6.07) is 5.59. The van der Waals surface area contributed by atoms with Crippen molar-refractivity contribution in [2.75, 3.05) is 25.9 Å². The fourth-order valence-corrected chi connectivity index (χ4v) is 3.42. The quantitative estimate of drug-likeness (QED) is 0.750. The third kappa shape index (κ3) is 3.96. The van der Waals surface area contributed by atoms with E-state index >= 15 is 0 Å². The van der Waals surface area contributed by atoms with Crippen LogP contribution in [0, 0.1) is 13.8 Å². The van der Waals surface area contributed by atoms with Crippen LogP contribution in [-0.4, -0.2) is 49.5 Å². The van der Waals surface area contributed by atoms with Crippen LogP contribution < -0.4 is 5.32 Å². The first kappa shape index (κ1) is 18.5. The number of nitrogens with zero attached hydrogens (tertiary/aromatic N) is 1. The van der Waals surface area contributed by atoms with Crippen LogP contribution in [0.15, 0.2) is 18.2 Å². The molecule has 0 fully saturated rings. The SMILES string of the molecule is CCS(=O)(=O)N(C)CCCNC(=O)c1ccc2[nH]c(C)c(C)c2c1. The molecule has 1 heterocycles. The largest absolute Gasteiger partial charge is 0.358 e. The van der Waals surface area contributed by atoms with E-state index < -0.39 is 10.0 Å². The predicted molar refractivity (Wildman–Crippen MR) is 96.8 cm³/mol. The molecule has 0 aliphatic rings. The van der Waals surface area contributed by atoms with Gasteiger partial charge in [0.25, 0.3) is 5.91 Å². The zero-order chi connectivity index (χ0) is 17.9. The molecule has 1 aromatic heterocycles. The van der Waals surface area contributed by atoms with E-state index in [1.54, 1.807) is 20.0 Å². The van der Waals surface area contributed by atoms with Gasteiger partial charge in [0, 0.05) is 42.3 Å². The molecular formula is C17H25N3O3S. The van der Waals surface area contributed by atoms with Crippen LogP contribution in [-0.2, 0) is 10.0 Å². The number of nitrogens with one attached hydrogen (secondary N) is 2. The van der Waals surface area contributed by atoms with Crippen molar-refractivity contribution >= 4 is 26.8 Å². The molecule has 2 rings (SSSR count). The summed E-state index contributed by atoms with van der Waals surface area (Å²) in [6.45, 7) is 6.49. The lowest BCUT2D eigenvalue weighted by Crippen LogP contribution is -2.32. The van der Waals surface area contributed by atoms with E-state index in [1.807, 2.05) is 26.0 Å². The van der Waals surface area contributed by atoms with Crippen LogP contribution in [0.2, 0.25) is 0 Å². The van der Waals surface area contributed by atoms with Gasteiger partial charge < -0.3 is 10.3 Å². The molecule has 0 unspecified atom stereocenters. The van der Waals surface area contributed by atoms with Crippen molar-refractivity contribution in [3.63, 3.8) is 0 Å². The molecule has 2 N–H and O–H groups in total. The Bertz CT molecular complexity index is 840. The Morgan fingerprint density at radius 3 is 2.67 bits per heavy atom. The van der Waals surface area contributed by atoms with Gasteiger partial charge in [-0.3, -0.25) is 4.79 Å². The Morgan fingerprint density at radius 1 is 1.29 bits per heavy atom. The zero-order valence-corrected chi connectivity index (χ0v) is 15.5. The molecular weight excluding hydrogens is 326 g/mol. The minimum absolute atomic E-state index is 0.0886. The summed E-state index contributed by atoms with van der Waals surface area (Å²) in [7, 11) is -1.60. The van der Waals surface area contributed by atoms with E-state index in [-0.39, 0.29) is 11.7 Å². The number of hydrogen-bond donors (Lipinski definition) is 2. The number of aromatic amines is 1. The highest BCUT2D eigenvalue weighted by molar-refractivity contribution is 7.89. The monoisotopic (exact) mass is 351 g/mol. The molecule has 132 valence electrons. The first-order valence-corrected chi connectivity index (χ1v) is 9.68. The second-order valence-corrected chi connectivity index (χ2v) is 8.33. The molecule has 0 atom stereocenters. The van der Waals surface area contributed by atoms with Crippen molar-refractivity contribution in [2.24, 2.45) is 0 Å². The van der Waals surface area contributed by atoms with Crippen LogP contribution in [0.3, 0.4) is 0 Å². The number of hydrogen-bond acceptors (Lipinski definition) is 3. The average Bonchev–Trinajstić information content (AvgIpc) is 2.85. The third-order valence-corrected chi connectivity index (χ3v) is 6.21. The van der Waals surface area contributed by atoms with Gasteiger partial charge >= 0.3 is 0 Å². The van der Waals surface area contributed by atoms with Crippen molar-refractivity contribution < 1.29 is 13.2 Å².